The first-order valence-corrected chi connectivity index (χ1v) is 27.3. The molecule has 4 aromatic carbocycles. The Morgan fingerprint density at radius 1 is 0.329 bits per heavy atom. The number of carbonyl (C=O) groups is 10. The minimum absolute atomic E-state index is 0.123. The van der Waals surface area contributed by atoms with Gasteiger partial charge < -0.3 is 40.9 Å². The second-order valence-electron chi connectivity index (χ2n) is 20.7. The van der Waals surface area contributed by atoms with Crippen LogP contribution in [0.2, 0.25) is 0 Å². The lowest BCUT2D eigenvalue weighted by Gasteiger charge is -2.32. The van der Waals surface area contributed by atoms with Crippen molar-refractivity contribution in [1.82, 2.24) is 60.9 Å². The molecule has 0 aromatic heterocycles. The van der Waals surface area contributed by atoms with Gasteiger partial charge in [0, 0.05) is 122 Å². The van der Waals surface area contributed by atoms with Gasteiger partial charge in [-0.25, -0.2) is 0 Å². The minimum atomic E-state index is -1.12. The van der Waals surface area contributed by atoms with Crippen LogP contribution in [-0.2, 0) is 44.8 Å². The van der Waals surface area contributed by atoms with Crippen molar-refractivity contribution in [2.24, 2.45) is 0 Å². The molecule has 85 heavy (non-hydrogen) atoms. The van der Waals surface area contributed by atoms with Crippen LogP contribution >= 0.6 is 0 Å². The molecule has 2 fully saturated rings. The van der Waals surface area contributed by atoms with Crippen molar-refractivity contribution in [2.75, 3.05) is 157 Å². The summed E-state index contributed by atoms with van der Waals surface area (Å²) < 4.78 is 0. The van der Waals surface area contributed by atoms with E-state index in [0.29, 0.717) is 21.5 Å². The number of aromatic hydroxyl groups is 2. The quantitative estimate of drug-likeness (QED) is 0.0406. The summed E-state index contributed by atoms with van der Waals surface area (Å²) in [4.78, 5) is 138. The van der Waals surface area contributed by atoms with Crippen LogP contribution in [0.1, 0.15) is 31.8 Å². The first kappa shape index (κ1) is 65.5. The van der Waals surface area contributed by atoms with Crippen LogP contribution in [0.3, 0.4) is 0 Å². The van der Waals surface area contributed by atoms with Gasteiger partial charge in [0.25, 0.3) is 23.6 Å². The molecular formula is C55H72N12O18. The number of carboxylic acid groups (broad SMARTS) is 6. The summed E-state index contributed by atoms with van der Waals surface area (Å²) in [6, 6.07) is 16.3. The van der Waals surface area contributed by atoms with Crippen molar-refractivity contribution in [3.63, 3.8) is 0 Å². The molecule has 30 heteroatoms. The maximum atomic E-state index is 14.0. The molecule has 0 radical (unpaired) electrons. The Hall–Kier alpha value is -8.62. The van der Waals surface area contributed by atoms with Gasteiger partial charge in [0.15, 0.2) is 0 Å². The number of amides is 4. The van der Waals surface area contributed by atoms with Gasteiger partial charge >= 0.3 is 35.8 Å². The summed E-state index contributed by atoms with van der Waals surface area (Å²) in [5.74, 6) is -11.1. The molecule has 0 unspecified atom stereocenters. The Morgan fingerprint density at radius 3 is 0.788 bits per heavy atom. The molecule has 6 rings (SSSR count). The van der Waals surface area contributed by atoms with E-state index >= 15 is 0 Å². The van der Waals surface area contributed by atoms with E-state index in [2.05, 4.69) is 21.7 Å². The number of hydrogen-bond acceptors (Lipinski definition) is 20. The first-order valence-electron chi connectivity index (χ1n) is 27.3. The number of phenols is 2. The highest BCUT2D eigenvalue weighted by Crippen LogP contribution is 2.39. The Kier molecular flexibility index (Phi) is 24.6. The number of nitrogens with zero attached hydrogens (tertiary/aromatic N) is 8. The summed E-state index contributed by atoms with van der Waals surface area (Å²) in [6.45, 7) is -0.520. The summed E-state index contributed by atoms with van der Waals surface area (Å²) in [5, 5.41) is 83.2. The molecular weight excluding hydrogens is 1120 g/mol. The molecule has 0 bridgehead atoms. The number of benzene rings is 4. The molecule has 2 aliphatic heterocycles. The molecule has 12 N–H and O–H groups in total. The third-order valence-electron chi connectivity index (χ3n) is 14.5. The van der Waals surface area contributed by atoms with Gasteiger partial charge in [-0.1, -0.05) is 48.5 Å². The van der Waals surface area contributed by atoms with E-state index in [-0.39, 0.29) is 186 Å². The lowest BCUT2D eigenvalue weighted by atomic mass is 9.90. The molecule has 0 atom stereocenters. The van der Waals surface area contributed by atoms with E-state index in [4.69, 9.17) is 0 Å². The molecule has 0 spiro atoms. The van der Waals surface area contributed by atoms with E-state index < -0.39 is 70.9 Å². The third-order valence-corrected chi connectivity index (χ3v) is 14.5. The van der Waals surface area contributed by atoms with Crippen LogP contribution in [0.15, 0.2) is 60.7 Å². The van der Waals surface area contributed by atoms with Crippen LogP contribution in [0.5, 0.6) is 11.5 Å². The van der Waals surface area contributed by atoms with Crippen molar-refractivity contribution in [2.45, 2.75) is 6.42 Å². The van der Waals surface area contributed by atoms with Crippen molar-refractivity contribution in [1.29, 1.82) is 0 Å². The van der Waals surface area contributed by atoms with Crippen LogP contribution in [0, 0.1) is 0 Å². The average Bonchev–Trinajstić information content (AvgIpc) is 1.39. The third kappa shape index (κ3) is 20.9. The average molecular weight is 1190 g/mol. The van der Waals surface area contributed by atoms with Crippen molar-refractivity contribution in [3.8, 4) is 11.5 Å². The molecule has 460 valence electrons. The van der Waals surface area contributed by atoms with Gasteiger partial charge in [0.2, 0.25) is 0 Å². The Labute approximate surface area is 487 Å². The largest absolute Gasteiger partial charge is 0.507 e. The normalized spacial score (nSPS) is 16.8. The summed E-state index contributed by atoms with van der Waals surface area (Å²) in [6.07, 6.45) is -0.270. The van der Waals surface area contributed by atoms with E-state index in [1.165, 1.54) is 12.1 Å². The molecule has 2 saturated heterocycles. The fourth-order valence-corrected chi connectivity index (χ4v) is 10.1. The summed E-state index contributed by atoms with van der Waals surface area (Å²) >= 11 is 0. The predicted molar refractivity (Wildman–Crippen MR) is 303 cm³/mol. The number of nitrogens with one attached hydrogen (secondary N) is 4. The zero-order chi connectivity index (χ0) is 61.7. The molecule has 2 heterocycles. The number of carbonyl (C=O) groups excluding carboxylic acids is 4. The zero-order valence-electron chi connectivity index (χ0n) is 46.7. The van der Waals surface area contributed by atoms with Gasteiger partial charge in [-0.3, -0.25) is 109 Å². The van der Waals surface area contributed by atoms with Crippen LogP contribution in [0.4, 0.5) is 0 Å². The maximum Gasteiger partial charge on any atom is 0.317 e. The molecule has 0 aliphatic carbocycles. The van der Waals surface area contributed by atoms with E-state index in [0.717, 1.165) is 0 Å². The fourth-order valence-electron chi connectivity index (χ4n) is 10.1. The van der Waals surface area contributed by atoms with Gasteiger partial charge in [0.1, 0.15) is 11.5 Å². The van der Waals surface area contributed by atoms with E-state index in [9.17, 15) is 88.8 Å². The monoisotopic (exact) mass is 1190 g/mol. The molecule has 4 amide bonds. The SMILES string of the molecule is O=C(O)CN1CCN(CC(=O)O)CCN(CC(=O)NNC(=O)c2cc3ccccc3c(Cc3c(O)c(C(=O)NNC(=O)CN4CCN(CC(=O)O)CCN(CC(=O)O)CCN(CC(=O)O)CC4)cc4ccccc34)c2O)CCN(CC(=O)O)CC1. The molecule has 2 aliphatic rings. The van der Waals surface area contributed by atoms with Gasteiger partial charge in [0.05, 0.1) is 63.5 Å². The highest BCUT2D eigenvalue weighted by Gasteiger charge is 2.27. The minimum Gasteiger partial charge on any atom is -0.507 e. The van der Waals surface area contributed by atoms with Gasteiger partial charge in [-0.05, 0) is 33.7 Å². The summed E-state index contributed by atoms with van der Waals surface area (Å²) in [5.41, 5.74) is 9.12. The second-order valence-corrected chi connectivity index (χ2v) is 20.7. The number of aliphatic carboxylic acids is 6. The summed E-state index contributed by atoms with van der Waals surface area (Å²) in [7, 11) is 0. The van der Waals surface area contributed by atoms with Gasteiger partial charge in [-0.2, -0.15) is 0 Å². The van der Waals surface area contributed by atoms with Crippen LogP contribution < -0.4 is 21.7 Å². The molecule has 4 aromatic rings. The van der Waals surface area contributed by atoms with E-state index in [1.807, 2.05) is 0 Å². The smallest absolute Gasteiger partial charge is 0.317 e. The standard InChI is InChI=1S/C55H72N12O18/c68-44(28-60-9-13-62(30-46(70)71)17-21-66(34-50(78)79)22-18-63(14-10-60)31-47(72)73)56-58-54(84)42-25-36-5-1-3-7-38(36)40(52(42)82)27-41-39-8-4-2-6-37(39)26-43(53(41)83)55(85)59-57-45(69)29-61-11-15-64(32-48(74)75)19-23-67(35-51(80)81)24-20-65(16-12-61)33-49(76)77/h1-8,25-26,82-83H,9-24,27-35H2,(H,56,68)(H,57,69)(H,58,84)(H,59,85)(H,70,71)(H,72,73)(H,74,75)(H,76,77)(H,78,79)(H,80,81). The Balaban J connectivity index is 1.17. The van der Waals surface area contributed by atoms with Crippen molar-refractivity contribution < 1.29 is 88.8 Å². The number of hydrogen-bond donors (Lipinski definition) is 12. The number of phenolic OH excluding ortho intramolecular Hbond substituents is 2. The van der Waals surface area contributed by atoms with E-state index in [1.54, 1.807) is 87.7 Å². The second kappa shape index (κ2) is 31.9. The number of fused-ring (bicyclic) bond motifs is 2. The van der Waals surface area contributed by atoms with Crippen molar-refractivity contribution in [3.05, 3.63) is 82.9 Å². The first-order chi connectivity index (χ1) is 40.5. The topological polar surface area (TPSA) is 407 Å². The van der Waals surface area contributed by atoms with Gasteiger partial charge in [-0.15, -0.1) is 0 Å². The van der Waals surface area contributed by atoms with Crippen molar-refractivity contribution >= 4 is 81.0 Å². The predicted octanol–water partition coefficient (Wildman–Crippen LogP) is -2.53. The lowest BCUT2D eigenvalue weighted by molar-refractivity contribution is -0.140. The number of rotatable bonds is 20. The number of hydrazine groups is 2. The zero-order valence-corrected chi connectivity index (χ0v) is 46.7. The highest BCUT2D eigenvalue weighted by atomic mass is 16.4. The Bertz CT molecular complexity index is 2830. The van der Waals surface area contributed by atoms with Crippen LogP contribution in [-0.4, -0.2) is 297 Å². The lowest BCUT2D eigenvalue weighted by Crippen LogP contribution is -2.51. The Morgan fingerprint density at radius 2 is 0.553 bits per heavy atom. The number of carboxylic acids is 6. The fraction of sp³-hybridized carbons (Fsp3) is 0.455. The highest BCUT2D eigenvalue weighted by molar-refractivity contribution is 6.06. The maximum absolute atomic E-state index is 14.0. The van der Waals surface area contributed by atoms with Crippen LogP contribution in [0.25, 0.3) is 21.5 Å². The molecule has 30 nitrogen and oxygen atoms in total. The molecule has 0 saturated carbocycles.